The van der Waals surface area contributed by atoms with E-state index >= 15 is 0 Å². The molecule has 0 aliphatic rings. The number of aromatic nitrogens is 2. The number of benzene rings is 1. The second kappa shape index (κ2) is 4.09. The number of nitrogens with zero attached hydrogens (tertiary/aromatic N) is 2. The van der Waals surface area contributed by atoms with E-state index in [0.29, 0.717) is 0 Å². The lowest BCUT2D eigenvalue weighted by atomic mass is 10.2. The van der Waals surface area contributed by atoms with Crippen molar-refractivity contribution < 1.29 is 5.11 Å². The Balaban J connectivity index is 2.20. The van der Waals surface area contributed by atoms with Crippen LogP contribution in [0.25, 0.3) is 20.8 Å². The highest BCUT2D eigenvalue weighted by Crippen LogP contribution is 2.36. The van der Waals surface area contributed by atoms with Gasteiger partial charge in [-0.05, 0) is 24.3 Å². The first kappa shape index (κ1) is 10.7. The summed E-state index contributed by atoms with van der Waals surface area (Å²) in [6, 6.07) is 7.33. The van der Waals surface area contributed by atoms with Crippen molar-refractivity contribution in [2.45, 2.75) is 0 Å². The molecule has 0 amide bonds. The van der Waals surface area contributed by atoms with Crippen molar-refractivity contribution in [1.82, 2.24) is 9.97 Å². The molecule has 17 heavy (non-hydrogen) atoms. The van der Waals surface area contributed by atoms with Crippen LogP contribution < -0.4 is 0 Å². The Morgan fingerprint density at radius 3 is 2.88 bits per heavy atom. The van der Waals surface area contributed by atoms with E-state index in [-0.39, 0.29) is 5.75 Å². The zero-order valence-corrected chi connectivity index (χ0v) is 11.0. The normalized spacial score (nSPS) is 10.9. The van der Waals surface area contributed by atoms with Crippen LogP contribution in [0.3, 0.4) is 0 Å². The molecule has 2 heterocycles. The van der Waals surface area contributed by atoms with E-state index in [0.717, 1.165) is 25.3 Å². The average molecular weight is 307 g/mol. The molecule has 3 aromatic rings. The second-order valence-corrected chi connectivity index (χ2v) is 5.47. The molecule has 3 nitrogen and oxygen atoms in total. The van der Waals surface area contributed by atoms with Crippen molar-refractivity contribution in [3.8, 4) is 16.3 Å². The first-order chi connectivity index (χ1) is 8.24. The van der Waals surface area contributed by atoms with Crippen LogP contribution in [0.2, 0.25) is 0 Å². The molecule has 3 rings (SSSR count). The highest BCUT2D eigenvalue weighted by atomic mass is 79.9. The minimum Gasteiger partial charge on any atom is -0.507 e. The number of fused-ring (bicyclic) bond motifs is 1. The highest BCUT2D eigenvalue weighted by Gasteiger charge is 2.10. The number of hydrogen-bond acceptors (Lipinski definition) is 4. The molecule has 0 saturated carbocycles. The van der Waals surface area contributed by atoms with Crippen LogP contribution in [-0.4, -0.2) is 15.1 Å². The number of hydrogen-bond donors (Lipinski definition) is 1. The average Bonchev–Trinajstić information content (AvgIpc) is 2.72. The molecular formula is C12H7BrN2OS. The quantitative estimate of drug-likeness (QED) is 0.743. The van der Waals surface area contributed by atoms with Gasteiger partial charge in [0.15, 0.2) is 0 Å². The van der Waals surface area contributed by atoms with E-state index in [1.54, 1.807) is 29.8 Å². The van der Waals surface area contributed by atoms with Gasteiger partial charge in [0.05, 0.1) is 16.5 Å². The summed E-state index contributed by atoms with van der Waals surface area (Å²) in [7, 11) is 0. The van der Waals surface area contributed by atoms with Crippen LogP contribution >= 0.6 is 27.3 Å². The van der Waals surface area contributed by atoms with E-state index in [1.165, 1.54) is 0 Å². The van der Waals surface area contributed by atoms with Crippen LogP contribution in [0.4, 0.5) is 0 Å². The van der Waals surface area contributed by atoms with E-state index in [1.807, 2.05) is 18.2 Å². The number of aromatic hydroxyl groups is 1. The molecule has 1 N–H and O–H groups in total. The van der Waals surface area contributed by atoms with Gasteiger partial charge in [-0.15, -0.1) is 11.3 Å². The Labute approximate surface area is 110 Å². The fourth-order valence-corrected chi connectivity index (χ4v) is 2.90. The number of halogens is 1. The summed E-state index contributed by atoms with van der Waals surface area (Å²) in [4.78, 5) is 8.48. The summed E-state index contributed by atoms with van der Waals surface area (Å²) in [5.41, 5.74) is 1.60. The highest BCUT2D eigenvalue weighted by molar-refractivity contribution is 9.10. The van der Waals surface area contributed by atoms with E-state index in [2.05, 4.69) is 25.9 Å². The third-order valence-corrected chi connectivity index (χ3v) is 3.94. The van der Waals surface area contributed by atoms with E-state index in [9.17, 15) is 5.11 Å². The van der Waals surface area contributed by atoms with Gasteiger partial charge in [-0.3, -0.25) is 4.98 Å². The fraction of sp³-hybridized carbons (Fsp3) is 0. The SMILES string of the molecule is Oc1cc(Br)ccc1-c1nc2cnccc2s1. The molecule has 0 atom stereocenters. The van der Waals surface area contributed by atoms with Crippen LogP contribution in [0, 0.1) is 0 Å². The van der Waals surface area contributed by atoms with Gasteiger partial charge in [0.25, 0.3) is 0 Å². The van der Waals surface area contributed by atoms with E-state index in [4.69, 9.17) is 0 Å². The predicted octanol–water partition coefficient (Wildman–Crippen LogP) is 3.83. The summed E-state index contributed by atoms with van der Waals surface area (Å²) in [5, 5.41) is 10.7. The van der Waals surface area contributed by atoms with Crippen molar-refractivity contribution in [1.29, 1.82) is 0 Å². The molecule has 0 radical (unpaired) electrons. The molecule has 2 aromatic heterocycles. The van der Waals surface area contributed by atoms with Crippen LogP contribution in [0.5, 0.6) is 5.75 Å². The topological polar surface area (TPSA) is 46.0 Å². The number of phenolic OH excluding ortho intramolecular Hbond substituents is 1. The van der Waals surface area contributed by atoms with Gasteiger partial charge >= 0.3 is 0 Å². The van der Waals surface area contributed by atoms with Crippen molar-refractivity contribution in [3.05, 3.63) is 41.1 Å². The Hall–Kier alpha value is -1.46. The number of pyridine rings is 1. The van der Waals surface area contributed by atoms with Gasteiger partial charge < -0.3 is 5.11 Å². The predicted molar refractivity (Wildman–Crippen MR) is 72.2 cm³/mol. The monoisotopic (exact) mass is 306 g/mol. The molecule has 0 saturated heterocycles. The lowest BCUT2D eigenvalue weighted by Gasteiger charge is -2.00. The molecule has 0 unspecified atom stereocenters. The van der Waals surface area contributed by atoms with Crippen molar-refractivity contribution in [2.75, 3.05) is 0 Å². The smallest absolute Gasteiger partial charge is 0.128 e. The van der Waals surface area contributed by atoms with Gasteiger partial charge in [-0.1, -0.05) is 15.9 Å². The molecule has 0 fully saturated rings. The number of rotatable bonds is 1. The summed E-state index contributed by atoms with van der Waals surface area (Å²) in [5.74, 6) is 0.228. The Morgan fingerprint density at radius 1 is 1.24 bits per heavy atom. The number of phenols is 1. The molecule has 5 heteroatoms. The fourth-order valence-electron chi connectivity index (χ4n) is 1.58. The van der Waals surface area contributed by atoms with Gasteiger partial charge in [-0.2, -0.15) is 0 Å². The van der Waals surface area contributed by atoms with Crippen LogP contribution in [0.1, 0.15) is 0 Å². The molecule has 0 spiro atoms. The second-order valence-electron chi connectivity index (χ2n) is 3.52. The standard InChI is InChI=1S/C12H7BrN2OS/c13-7-1-2-8(10(16)5-7)12-15-9-6-14-4-3-11(9)17-12/h1-6,16H. The minimum absolute atomic E-state index is 0.228. The zero-order chi connectivity index (χ0) is 11.8. The summed E-state index contributed by atoms with van der Waals surface area (Å²) in [6.07, 6.45) is 3.47. The first-order valence-electron chi connectivity index (χ1n) is 4.93. The summed E-state index contributed by atoms with van der Waals surface area (Å²) >= 11 is 4.86. The Bertz CT molecular complexity index is 663. The summed E-state index contributed by atoms with van der Waals surface area (Å²) < 4.78 is 1.92. The third-order valence-electron chi connectivity index (χ3n) is 2.38. The maximum Gasteiger partial charge on any atom is 0.128 e. The van der Waals surface area contributed by atoms with Gasteiger partial charge in [0, 0.05) is 10.7 Å². The summed E-state index contributed by atoms with van der Waals surface area (Å²) in [6.45, 7) is 0. The van der Waals surface area contributed by atoms with E-state index < -0.39 is 0 Å². The number of thiazole rings is 1. The van der Waals surface area contributed by atoms with Crippen molar-refractivity contribution >= 4 is 37.5 Å². The molecule has 0 aliphatic carbocycles. The Kier molecular flexibility index (Phi) is 2.57. The van der Waals surface area contributed by atoms with Crippen LogP contribution in [-0.2, 0) is 0 Å². The maximum absolute atomic E-state index is 9.89. The van der Waals surface area contributed by atoms with Gasteiger partial charge in [-0.25, -0.2) is 4.98 Å². The molecule has 84 valence electrons. The lowest BCUT2D eigenvalue weighted by molar-refractivity contribution is 0.477. The lowest BCUT2D eigenvalue weighted by Crippen LogP contribution is -1.78. The zero-order valence-electron chi connectivity index (χ0n) is 8.59. The molecular weight excluding hydrogens is 300 g/mol. The molecule has 0 bridgehead atoms. The minimum atomic E-state index is 0.228. The van der Waals surface area contributed by atoms with Crippen molar-refractivity contribution in [2.24, 2.45) is 0 Å². The van der Waals surface area contributed by atoms with Crippen LogP contribution in [0.15, 0.2) is 41.1 Å². The largest absolute Gasteiger partial charge is 0.507 e. The molecule has 1 aromatic carbocycles. The molecule has 0 aliphatic heterocycles. The van der Waals surface area contributed by atoms with Gasteiger partial charge in [0.1, 0.15) is 16.3 Å². The maximum atomic E-state index is 9.89. The third kappa shape index (κ3) is 1.92. The van der Waals surface area contributed by atoms with Gasteiger partial charge in [0.2, 0.25) is 0 Å². The van der Waals surface area contributed by atoms with Crippen molar-refractivity contribution in [3.63, 3.8) is 0 Å². The Morgan fingerprint density at radius 2 is 2.12 bits per heavy atom. The first-order valence-corrected chi connectivity index (χ1v) is 6.54.